The number of aromatic nitrogens is 3. The molecule has 1 aliphatic heterocycles. The summed E-state index contributed by atoms with van der Waals surface area (Å²) < 4.78 is 5.25. The fraction of sp³-hybridized carbons (Fsp3) is 0.400. The summed E-state index contributed by atoms with van der Waals surface area (Å²) in [5, 5.41) is 16.6. The van der Waals surface area contributed by atoms with Gasteiger partial charge < -0.3 is 14.7 Å². The zero-order valence-corrected chi connectivity index (χ0v) is 15.0. The molecule has 27 heavy (non-hydrogen) atoms. The van der Waals surface area contributed by atoms with E-state index in [1.165, 1.54) is 12.8 Å². The summed E-state index contributed by atoms with van der Waals surface area (Å²) in [5.41, 5.74) is 2.51. The highest BCUT2D eigenvalue weighted by molar-refractivity contribution is 5.86. The van der Waals surface area contributed by atoms with Gasteiger partial charge >= 0.3 is 0 Å². The predicted molar refractivity (Wildman–Crippen MR) is 100 cm³/mol. The zero-order valence-electron chi connectivity index (χ0n) is 15.0. The number of carbonyl (C=O) groups is 1. The Labute approximate surface area is 156 Å². The Hall–Kier alpha value is -2.96. The van der Waals surface area contributed by atoms with Gasteiger partial charge in [0, 0.05) is 36.9 Å². The van der Waals surface area contributed by atoms with Gasteiger partial charge in [0.1, 0.15) is 5.69 Å². The molecule has 0 bridgehead atoms. The number of hydrogen-bond acceptors (Lipinski definition) is 6. The minimum Gasteiger partial charge on any atom is -0.356 e. The highest BCUT2D eigenvalue weighted by Gasteiger charge is 2.29. The van der Waals surface area contributed by atoms with E-state index in [1.807, 2.05) is 24.3 Å². The lowest BCUT2D eigenvalue weighted by molar-refractivity contribution is -0.120. The summed E-state index contributed by atoms with van der Waals surface area (Å²) in [6.45, 7) is 2.45. The number of amides is 1. The van der Waals surface area contributed by atoms with Crippen LogP contribution in [-0.4, -0.2) is 40.9 Å². The van der Waals surface area contributed by atoms with Gasteiger partial charge in [-0.3, -0.25) is 4.79 Å². The monoisotopic (exact) mass is 363 g/mol. The number of para-hydroxylation sites is 1. The molecule has 0 atom stereocenters. The van der Waals surface area contributed by atoms with E-state index in [0.29, 0.717) is 29.7 Å². The van der Waals surface area contributed by atoms with Gasteiger partial charge in [-0.25, -0.2) is 0 Å². The number of anilines is 1. The van der Waals surface area contributed by atoms with Gasteiger partial charge in [0.25, 0.3) is 0 Å². The fourth-order valence-electron chi connectivity index (χ4n) is 3.53. The Morgan fingerprint density at radius 1 is 1.15 bits per heavy atom. The van der Waals surface area contributed by atoms with Gasteiger partial charge in [-0.05, 0) is 37.1 Å². The van der Waals surface area contributed by atoms with Crippen molar-refractivity contribution in [1.29, 1.82) is 0 Å². The molecular weight excluding hydrogens is 342 g/mol. The minimum atomic E-state index is -0.0268. The van der Waals surface area contributed by atoms with E-state index in [1.54, 1.807) is 0 Å². The van der Waals surface area contributed by atoms with Crippen LogP contribution in [0.25, 0.3) is 11.0 Å². The van der Waals surface area contributed by atoms with Crippen molar-refractivity contribution in [3.05, 3.63) is 47.8 Å². The number of nitrogens with zero attached hydrogens (tertiary/aromatic N) is 4. The zero-order chi connectivity index (χ0) is 18.2. The van der Waals surface area contributed by atoms with E-state index in [4.69, 9.17) is 4.52 Å². The van der Waals surface area contributed by atoms with Crippen LogP contribution in [0, 0.1) is 5.92 Å². The van der Waals surface area contributed by atoms with Crippen LogP contribution in [0.3, 0.4) is 0 Å². The summed E-state index contributed by atoms with van der Waals surface area (Å²) in [5.74, 6) is 1.97. The summed E-state index contributed by atoms with van der Waals surface area (Å²) in [6.07, 6.45) is 2.72. The molecule has 0 radical (unpaired) electrons. The topological polar surface area (TPSA) is 84.2 Å². The summed E-state index contributed by atoms with van der Waals surface area (Å²) >= 11 is 0. The Kier molecular flexibility index (Phi) is 3.99. The van der Waals surface area contributed by atoms with Crippen molar-refractivity contribution >= 4 is 22.7 Å². The van der Waals surface area contributed by atoms with Crippen LogP contribution in [0.5, 0.6) is 0 Å². The molecule has 0 spiro atoms. The van der Waals surface area contributed by atoms with E-state index in [-0.39, 0.29) is 12.3 Å². The maximum Gasteiger partial charge on any atom is 0.226 e. The maximum absolute atomic E-state index is 12.2. The Bertz CT molecular complexity index is 958. The number of carbonyl (C=O) groups excluding carboxylic acids is 1. The third kappa shape index (κ3) is 3.37. The number of nitrogens with one attached hydrogen (secondary N) is 1. The molecule has 3 aromatic rings. The second kappa shape index (κ2) is 6.64. The molecule has 2 fully saturated rings. The van der Waals surface area contributed by atoms with Gasteiger partial charge in [0.2, 0.25) is 5.91 Å². The molecule has 7 heteroatoms. The van der Waals surface area contributed by atoms with Gasteiger partial charge in [-0.1, -0.05) is 17.3 Å². The SMILES string of the molecule is O=C(Cc1noc2ccccc12)NCC1CN(c2ccc(C3CC3)nn2)C1. The lowest BCUT2D eigenvalue weighted by atomic mass is 10.00. The lowest BCUT2D eigenvalue weighted by Crippen LogP contribution is -2.52. The summed E-state index contributed by atoms with van der Waals surface area (Å²) in [7, 11) is 0. The Morgan fingerprint density at radius 3 is 2.78 bits per heavy atom. The third-order valence-electron chi connectivity index (χ3n) is 5.32. The van der Waals surface area contributed by atoms with Crippen LogP contribution >= 0.6 is 0 Å². The quantitative estimate of drug-likeness (QED) is 0.723. The van der Waals surface area contributed by atoms with Gasteiger partial charge in [0.15, 0.2) is 11.4 Å². The number of hydrogen-bond donors (Lipinski definition) is 1. The molecule has 1 aromatic carbocycles. The number of rotatable bonds is 6. The fourth-order valence-corrected chi connectivity index (χ4v) is 3.53. The molecule has 0 unspecified atom stereocenters. The first-order chi connectivity index (χ1) is 13.3. The first-order valence-electron chi connectivity index (χ1n) is 9.45. The summed E-state index contributed by atoms with van der Waals surface area (Å²) in [6, 6.07) is 11.7. The highest BCUT2D eigenvalue weighted by atomic mass is 16.5. The second-order valence-corrected chi connectivity index (χ2v) is 7.47. The molecule has 5 rings (SSSR count). The standard InChI is InChI=1S/C20H21N5O2/c26-20(9-17-15-3-1-2-4-18(15)27-24-17)21-10-13-11-25(12-13)19-8-7-16(22-23-19)14-5-6-14/h1-4,7-8,13-14H,5-6,9-12H2,(H,21,26). The van der Waals surface area contributed by atoms with Crippen molar-refractivity contribution in [2.24, 2.45) is 5.92 Å². The smallest absolute Gasteiger partial charge is 0.226 e. The minimum absolute atomic E-state index is 0.0268. The molecule has 7 nitrogen and oxygen atoms in total. The first kappa shape index (κ1) is 16.2. The van der Waals surface area contributed by atoms with Gasteiger partial charge in [-0.2, -0.15) is 5.10 Å². The van der Waals surface area contributed by atoms with E-state index in [0.717, 1.165) is 30.0 Å². The van der Waals surface area contributed by atoms with E-state index in [2.05, 4.69) is 37.7 Å². The average molecular weight is 363 g/mol. The molecule has 1 N–H and O–H groups in total. The molecule has 1 saturated heterocycles. The van der Waals surface area contributed by atoms with E-state index >= 15 is 0 Å². The normalized spacial score (nSPS) is 17.1. The Morgan fingerprint density at radius 2 is 2.00 bits per heavy atom. The summed E-state index contributed by atoms with van der Waals surface area (Å²) in [4.78, 5) is 14.4. The molecular formula is C20H21N5O2. The highest BCUT2D eigenvalue weighted by Crippen LogP contribution is 2.38. The van der Waals surface area contributed by atoms with Crippen molar-refractivity contribution in [2.45, 2.75) is 25.2 Å². The van der Waals surface area contributed by atoms with Crippen LogP contribution in [-0.2, 0) is 11.2 Å². The molecule has 1 aliphatic carbocycles. The third-order valence-corrected chi connectivity index (χ3v) is 5.32. The van der Waals surface area contributed by atoms with Crippen molar-refractivity contribution in [3.63, 3.8) is 0 Å². The van der Waals surface area contributed by atoms with Crippen LogP contribution in [0.4, 0.5) is 5.82 Å². The van der Waals surface area contributed by atoms with E-state index in [9.17, 15) is 4.79 Å². The molecule has 138 valence electrons. The first-order valence-corrected chi connectivity index (χ1v) is 9.45. The van der Waals surface area contributed by atoms with Crippen molar-refractivity contribution in [3.8, 4) is 0 Å². The van der Waals surface area contributed by atoms with Gasteiger partial charge in [-0.15, -0.1) is 5.10 Å². The lowest BCUT2D eigenvalue weighted by Gasteiger charge is -2.39. The second-order valence-electron chi connectivity index (χ2n) is 7.47. The molecule has 2 aromatic heterocycles. The average Bonchev–Trinajstić information content (AvgIpc) is 3.43. The molecule has 1 saturated carbocycles. The largest absolute Gasteiger partial charge is 0.356 e. The molecule has 3 heterocycles. The maximum atomic E-state index is 12.2. The molecule has 1 amide bonds. The Balaban J connectivity index is 1.09. The van der Waals surface area contributed by atoms with E-state index < -0.39 is 0 Å². The van der Waals surface area contributed by atoms with Crippen molar-refractivity contribution in [2.75, 3.05) is 24.5 Å². The van der Waals surface area contributed by atoms with Crippen LogP contribution < -0.4 is 10.2 Å². The van der Waals surface area contributed by atoms with Crippen LogP contribution in [0.2, 0.25) is 0 Å². The predicted octanol–water partition coefficient (Wildman–Crippen LogP) is 2.29. The van der Waals surface area contributed by atoms with Crippen LogP contribution in [0.1, 0.15) is 30.1 Å². The van der Waals surface area contributed by atoms with Gasteiger partial charge in [0.05, 0.1) is 12.1 Å². The molecule has 2 aliphatic rings. The number of fused-ring (bicyclic) bond motifs is 1. The van der Waals surface area contributed by atoms with Crippen molar-refractivity contribution in [1.82, 2.24) is 20.7 Å². The van der Waals surface area contributed by atoms with Crippen LogP contribution in [0.15, 0.2) is 40.9 Å². The van der Waals surface area contributed by atoms with Crippen molar-refractivity contribution < 1.29 is 9.32 Å². The number of benzene rings is 1.